The van der Waals surface area contributed by atoms with Gasteiger partial charge in [0.2, 0.25) is 11.7 Å². The van der Waals surface area contributed by atoms with Crippen LogP contribution in [0.25, 0.3) is 16.7 Å². The average molecular weight is 417 g/mol. The van der Waals surface area contributed by atoms with Gasteiger partial charge in [-0.3, -0.25) is 23.4 Å². The van der Waals surface area contributed by atoms with Gasteiger partial charge in [-0.2, -0.15) is 0 Å². The Kier molecular flexibility index (Phi) is 6.53. The summed E-state index contributed by atoms with van der Waals surface area (Å²) >= 11 is 1.19. The molecule has 0 spiro atoms. The lowest BCUT2D eigenvalue weighted by Gasteiger charge is -2.12. The van der Waals surface area contributed by atoms with Gasteiger partial charge >= 0.3 is 5.97 Å². The molecule has 1 N–H and O–H groups in total. The first-order chi connectivity index (χ1) is 13.9. The summed E-state index contributed by atoms with van der Waals surface area (Å²) in [5.41, 5.74) is 0.587. The van der Waals surface area contributed by atoms with Crippen molar-refractivity contribution in [2.24, 2.45) is 5.92 Å². The third-order valence-corrected chi connectivity index (χ3v) is 5.33. The lowest BCUT2D eigenvalue weighted by molar-refractivity contribution is -0.140. The molecule has 1 amide bonds. The van der Waals surface area contributed by atoms with Crippen molar-refractivity contribution in [3.05, 3.63) is 34.6 Å². The minimum Gasteiger partial charge on any atom is -0.468 e. The number of thioether (sulfide) groups is 1. The van der Waals surface area contributed by atoms with Crippen molar-refractivity contribution in [1.29, 1.82) is 0 Å². The number of para-hydroxylation sites is 1. The zero-order valence-electron chi connectivity index (χ0n) is 16.5. The lowest BCUT2D eigenvalue weighted by atomic mass is 10.1. The average Bonchev–Trinajstić information content (AvgIpc) is 3.14. The Morgan fingerprint density at radius 1 is 1.24 bits per heavy atom. The van der Waals surface area contributed by atoms with Crippen LogP contribution in [0.3, 0.4) is 0 Å². The highest BCUT2D eigenvalue weighted by Crippen LogP contribution is 2.21. The van der Waals surface area contributed by atoms with Gasteiger partial charge in [0.05, 0.1) is 23.8 Å². The number of fused-ring (bicyclic) bond motifs is 3. The van der Waals surface area contributed by atoms with E-state index in [1.54, 1.807) is 15.0 Å². The fourth-order valence-electron chi connectivity index (χ4n) is 2.84. The summed E-state index contributed by atoms with van der Waals surface area (Å²) in [4.78, 5) is 36.1. The topological polar surface area (TPSA) is 108 Å². The van der Waals surface area contributed by atoms with Gasteiger partial charge in [-0.15, -0.1) is 10.2 Å². The Morgan fingerprint density at radius 3 is 2.72 bits per heavy atom. The largest absolute Gasteiger partial charge is 0.468 e. The molecule has 3 aromatic rings. The van der Waals surface area contributed by atoms with E-state index in [0.717, 1.165) is 6.42 Å². The van der Waals surface area contributed by atoms with Gasteiger partial charge in [0.15, 0.2) is 5.16 Å². The molecule has 0 atom stereocenters. The molecule has 0 aliphatic carbocycles. The summed E-state index contributed by atoms with van der Waals surface area (Å²) in [6.07, 6.45) is 0.833. The SMILES string of the molecule is COC(=O)CNC(=O)CSc1nnc2n(CCC(C)C)c(=O)c3ccccc3n12. The highest BCUT2D eigenvalue weighted by atomic mass is 32.2. The van der Waals surface area contributed by atoms with E-state index in [1.165, 1.54) is 18.9 Å². The molecular weight excluding hydrogens is 394 g/mol. The van der Waals surface area contributed by atoms with Crippen molar-refractivity contribution < 1.29 is 14.3 Å². The molecular formula is C19H23N5O4S. The van der Waals surface area contributed by atoms with Crippen molar-refractivity contribution in [2.75, 3.05) is 19.4 Å². The van der Waals surface area contributed by atoms with E-state index in [9.17, 15) is 14.4 Å². The second-order valence-electron chi connectivity index (χ2n) is 6.92. The van der Waals surface area contributed by atoms with Crippen LogP contribution in [0, 0.1) is 5.92 Å². The molecule has 2 heterocycles. The number of aromatic nitrogens is 4. The van der Waals surface area contributed by atoms with Crippen LogP contribution in [0.2, 0.25) is 0 Å². The molecule has 0 saturated carbocycles. The number of nitrogens with zero attached hydrogens (tertiary/aromatic N) is 4. The Morgan fingerprint density at radius 2 is 2.00 bits per heavy atom. The lowest BCUT2D eigenvalue weighted by Crippen LogP contribution is -2.31. The number of carbonyl (C=O) groups excluding carboxylic acids is 2. The number of ether oxygens (including phenoxy) is 1. The number of esters is 1. The van der Waals surface area contributed by atoms with Gasteiger partial charge in [-0.25, -0.2) is 0 Å². The van der Waals surface area contributed by atoms with Crippen molar-refractivity contribution in [1.82, 2.24) is 24.5 Å². The number of carbonyl (C=O) groups is 2. The standard InChI is InChI=1S/C19H23N5O4S/c1-12(2)8-9-23-17(27)13-6-4-5-7-14(13)24-18(23)21-22-19(24)29-11-15(25)20-10-16(26)28-3/h4-7,12H,8-11H2,1-3H3,(H,20,25). The van der Waals surface area contributed by atoms with Crippen molar-refractivity contribution in [3.8, 4) is 0 Å². The molecule has 0 aliphatic heterocycles. The maximum atomic E-state index is 13.0. The Labute approximate surface area is 171 Å². The zero-order chi connectivity index (χ0) is 21.0. The van der Waals surface area contributed by atoms with Crippen LogP contribution >= 0.6 is 11.8 Å². The molecule has 0 aliphatic rings. The highest BCUT2D eigenvalue weighted by Gasteiger charge is 2.18. The number of aryl methyl sites for hydroxylation is 1. The first kappa shape index (κ1) is 20.8. The van der Waals surface area contributed by atoms with Gasteiger partial charge in [-0.1, -0.05) is 37.7 Å². The first-order valence-corrected chi connectivity index (χ1v) is 10.2. The van der Waals surface area contributed by atoms with Crippen molar-refractivity contribution >= 4 is 40.3 Å². The van der Waals surface area contributed by atoms with Crippen LogP contribution in [-0.2, 0) is 20.9 Å². The Balaban J connectivity index is 1.94. The van der Waals surface area contributed by atoms with E-state index in [0.29, 0.717) is 34.3 Å². The maximum absolute atomic E-state index is 13.0. The third kappa shape index (κ3) is 4.58. The molecule has 0 unspecified atom stereocenters. The molecule has 0 fully saturated rings. The summed E-state index contributed by atoms with van der Waals surface area (Å²) < 4.78 is 7.94. The first-order valence-electron chi connectivity index (χ1n) is 9.25. The monoisotopic (exact) mass is 417 g/mol. The quantitative estimate of drug-likeness (QED) is 0.437. The molecule has 0 bridgehead atoms. The summed E-state index contributed by atoms with van der Waals surface area (Å²) in [7, 11) is 1.26. The van der Waals surface area contributed by atoms with Gasteiger partial charge in [-0.05, 0) is 24.5 Å². The summed E-state index contributed by atoms with van der Waals surface area (Å²) in [6, 6.07) is 7.28. The predicted octanol–water partition coefficient (Wildman–Crippen LogP) is 1.47. The predicted molar refractivity (Wildman–Crippen MR) is 110 cm³/mol. The van der Waals surface area contributed by atoms with E-state index in [1.807, 2.05) is 18.2 Å². The van der Waals surface area contributed by atoms with Crippen LogP contribution < -0.4 is 10.9 Å². The van der Waals surface area contributed by atoms with Crippen LogP contribution in [0.5, 0.6) is 0 Å². The van der Waals surface area contributed by atoms with E-state index >= 15 is 0 Å². The summed E-state index contributed by atoms with van der Waals surface area (Å²) in [5.74, 6) is 0.0959. The van der Waals surface area contributed by atoms with Crippen LogP contribution in [0.4, 0.5) is 0 Å². The smallest absolute Gasteiger partial charge is 0.325 e. The molecule has 29 heavy (non-hydrogen) atoms. The van der Waals surface area contributed by atoms with Crippen LogP contribution in [0.15, 0.2) is 34.2 Å². The molecule has 2 aromatic heterocycles. The van der Waals surface area contributed by atoms with E-state index in [4.69, 9.17) is 0 Å². The minimum atomic E-state index is -0.517. The second kappa shape index (κ2) is 9.08. The van der Waals surface area contributed by atoms with Gasteiger partial charge in [0.1, 0.15) is 6.54 Å². The summed E-state index contributed by atoms with van der Waals surface area (Å²) in [6.45, 7) is 4.55. The van der Waals surface area contributed by atoms with Gasteiger partial charge in [0.25, 0.3) is 5.56 Å². The fourth-order valence-corrected chi connectivity index (χ4v) is 3.61. The Hall–Kier alpha value is -2.88. The number of nitrogens with one attached hydrogen (secondary N) is 1. The Bertz CT molecular complexity index is 1110. The third-order valence-electron chi connectivity index (χ3n) is 4.40. The van der Waals surface area contributed by atoms with E-state index in [2.05, 4.69) is 34.1 Å². The molecule has 1 aromatic carbocycles. The number of methoxy groups -OCH3 is 1. The van der Waals surface area contributed by atoms with Crippen molar-refractivity contribution in [3.63, 3.8) is 0 Å². The van der Waals surface area contributed by atoms with Gasteiger partial charge in [0, 0.05) is 6.54 Å². The molecule has 10 heteroatoms. The normalized spacial score (nSPS) is 11.3. The van der Waals surface area contributed by atoms with Gasteiger partial charge < -0.3 is 10.1 Å². The number of hydrogen-bond acceptors (Lipinski definition) is 7. The molecule has 0 saturated heterocycles. The second-order valence-corrected chi connectivity index (χ2v) is 7.86. The van der Waals surface area contributed by atoms with Crippen LogP contribution in [0.1, 0.15) is 20.3 Å². The van der Waals surface area contributed by atoms with Crippen LogP contribution in [-0.4, -0.2) is 50.4 Å². The zero-order valence-corrected chi connectivity index (χ0v) is 17.4. The number of hydrogen-bond donors (Lipinski definition) is 1. The van der Waals surface area contributed by atoms with E-state index in [-0.39, 0.29) is 23.8 Å². The van der Waals surface area contributed by atoms with Crippen molar-refractivity contribution in [2.45, 2.75) is 32.0 Å². The maximum Gasteiger partial charge on any atom is 0.325 e. The number of amides is 1. The minimum absolute atomic E-state index is 0.0528. The number of rotatable bonds is 8. The molecule has 3 rings (SSSR count). The van der Waals surface area contributed by atoms with E-state index < -0.39 is 5.97 Å². The molecule has 0 radical (unpaired) electrons. The highest BCUT2D eigenvalue weighted by molar-refractivity contribution is 7.99. The molecule has 154 valence electrons. The molecule has 9 nitrogen and oxygen atoms in total. The summed E-state index contributed by atoms with van der Waals surface area (Å²) in [5, 5.41) is 12.0. The fraction of sp³-hybridized carbons (Fsp3) is 0.421. The number of benzene rings is 1.